The summed E-state index contributed by atoms with van der Waals surface area (Å²) in [4.78, 5) is 15.7. The van der Waals surface area contributed by atoms with Crippen LogP contribution in [0.2, 0.25) is 0 Å². The van der Waals surface area contributed by atoms with Crippen molar-refractivity contribution < 1.29 is 4.79 Å². The first kappa shape index (κ1) is 12.3. The maximum absolute atomic E-state index is 12.6. The monoisotopic (exact) mass is 269 g/mol. The first-order chi connectivity index (χ1) is 9.25. The third-order valence-electron chi connectivity index (χ3n) is 3.24. The van der Waals surface area contributed by atoms with Gasteiger partial charge < -0.3 is 4.90 Å². The lowest BCUT2D eigenvalue weighted by molar-refractivity contribution is 0.0987. The largest absolute Gasteiger partial charge is 0.306 e. The Labute approximate surface area is 117 Å². The smallest absolute Gasteiger partial charge is 0.258 e. The van der Waals surface area contributed by atoms with E-state index in [-0.39, 0.29) is 5.91 Å². The quantitative estimate of drug-likeness (QED) is 0.786. The van der Waals surface area contributed by atoms with Crippen molar-refractivity contribution >= 4 is 23.4 Å². The second kappa shape index (κ2) is 5.10. The molecule has 19 heavy (non-hydrogen) atoms. The Balaban J connectivity index is 1.98. The van der Waals surface area contributed by atoms with Crippen LogP contribution < -0.4 is 4.90 Å². The molecule has 0 aromatic heterocycles. The molecule has 0 spiro atoms. The van der Waals surface area contributed by atoms with Gasteiger partial charge in [0, 0.05) is 22.8 Å². The summed E-state index contributed by atoms with van der Waals surface area (Å²) < 4.78 is 0. The number of benzene rings is 2. The predicted octanol–water partition coefficient (Wildman–Crippen LogP) is 3.75. The molecule has 0 aliphatic carbocycles. The lowest BCUT2D eigenvalue weighted by Gasteiger charge is -2.29. The maximum atomic E-state index is 12.6. The van der Waals surface area contributed by atoms with Crippen LogP contribution in [0.5, 0.6) is 0 Å². The van der Waals surface area contributed by atoms with Crippen LogP contribution >= 0.6 is 11.8 Å². The summed E-state index contributed by atoms with van der Waals surface area (Å²) in [5, 5.41) is 0. The van der Waals surface area contributed by atoms with Gasteiger partial charge in [0.15, 0.2) is 0 Å². The van der Waals surface area contributed by atoms with Crippen LogP contribution in [0, 0.1) is 6.92 Å². The van der Waals surface area contributed by atoms with Gasteiger partial charge in [-0.2, -0.15) is 0 Å². The molecule has 0 fully saturated rings. The van der Waals surface area contributed by atoms with Gasteiger partial charge in [-0.15, -0.1) is 11.8 Å². The molecule has 96 valence electrons. The predicted molar refractivity (Wildman–Crippen MR) is 80.0 cm³/mol. The summed E-state index contributed by atoms with van der Waals surface area (Å²) in [5.74, 6) is 1.05. The fourth-order valence-electron chi connectivity index (χ4n) is 2.31. The van der Waals surface area contributed by atoms with Crippen LogP contribution in [0.15, 0.2) is 53.4 Å². The van der Waals surface area contributed by atoms with E-state index in [4.69, 9.17) is 0 Å². The highest BCUT2D eigenvalue weighted by Crippen LogP contribution is 2.35. The van der Waals surface area contributed by atoms with E-state index in [2.05, 4.69) is 6.07 Å². The van der Waals surface area contributed by atoms with Crippen LogP contribution in [0.3, 0.4) is 0 Å². The molecule has 1 aliphatic rings. The lowest BCUT2D eigenvalue weighted by Crippen LogP contribution is -2.35. The number of fused-ring (bicyclic) bond motifs is 1. The SMILES string of the molecule is Cc1cccc(C(=O)N2CCSc3ccccc32)c1. The van der Waals surface area contributed by atoms with Gasteiger partial charge in [0.2, 0.25) is 0 Å². The van der Waals surface area contributed by atoms with Crippen LogP contribution in [0.1, 0.15) is 15.9 Å². The van der Waals surface area contributed by atoms with Crippen molar-refractivity contribution in [3.63, 3.8) is 0 Å². The zero-order chi connectivity index (χ0) is 13.2. The van der Waals surface area contributed by atoms with E-state index in [9.17, 15) is 4.79 Å². The topological polar surface area (TPSA) is 20.3 Å². The van der Waals surface area contributed by atoms with Crippen LogP contribution in [0.4, 0.5) is 5.69 Å². The Kier molecular flexibility index (Phi) is 3.30. The molecule has 3 heteroatoms. The molecule has 1 amide bonds. The van der Waals surface area contributed by atoms with E-state index in [1.54, 1.807) is 0 Å². The minimum Gasteiger partial charge on any atom is -0.306 e. The minimum atomic E-state index is 0.0939. The highest BCUT2D eigenvalue weighted by atomic mass is 32.2. The molecule has 1 aliphatic heterocycles. The molecule has 3 rings (SSSR count). The minimum absolute atomic E-state index is 0.0939. The molecule has 0 saturated heterocycles. The number of rotatable bonds is 1. The first-order valence-corrected chi connectivity index (χ1v) is 7.34. The number of aryl methyl sites for hydroxylation is 1. The van der Waals surface area contributed by atoms with Crippen molar-refractivity contribution in [1.29, 1.82) is 0 Å². The normalized spacial score (nSPS) is 14.1. The Morgan fingerprint density at radius 3 is 2.84 bits per heavy atom. The Hall–Kier alpha value is -1.74. The van der Waals surface area contributed by atoms with Gasteiger partial charge in [-0.1, -0.05) is 29.8 Å². The van der Waals surface area contributed by atoms with E-state index in [1.165, 1.54) is 4.90 Å². The van der Waals surface area contributed by atoms with Crippen molar-refractivity contribution in [2.24, 2.45) is 0 Å². The highest BCUT2D eigenvalue weighted by Gasteiger charge is 2.23. The maximum Gasteiger partial charge on any atom is 0.258 e. The fourth-order valence-corrected chi connectivity index (χ4v) is 3.31. The van der Waals surface area contributed by atoms with Crippen LogP contribution in [0.25, 0.3) is 0 Å². The van der Waals surface area contributed by atoms with Gasteiger partial charge in [0.05, 0.1) is 5.69 Å². The number of anilines is 1. The summed E-state index contributed by atoms with van der Waals surface area (Å²) in [5.41, 5.74) is 2.91. The second-order valence-electron chi connectivity index (χ2n) is 4.64. The number of hydrogen-bond acceptors (Lipinski definition) is 2. The molecule has 2 aromatic carbocycles. The van der Waals surface area contributed by atoms with Crippen LogP contribution in [-0.4, -0.2) is 18.2 Å². The standard InChI is InChI=1S/C16H15NOS/c1-12-5-4-6-13(11-12)16(18)17-9-10-19-15-8-3-2-7-14(15)17/h2-8,11H,9-10H2,1H3. The van der Waals surface area contributed by atoms with Gasteiger partial charge >= 0.3 is 0 Å². The number of carbonyl (C=O) groups is 1. The van der Waals surface area contributed by atoms with Crippen molar-refractivity contribution in [1.82, 2.24) is 0 Å². The van der Waals surface area contributed by atoms with E-state index >= 15 is 0 Å². The number of amides is 1. The van der Waals surface area contributed by atoms with E-state index in [1.807, 2.05) is 66.1 Å². The Morgan fingerprint density at radius 2 is 2.00 bits per heavy atom. The first-order valence-electron chi connectivity index (χ1n) is 6.36. The van der Waals surface area contributed by atoms with E-state index < -0.39 is 0 Å². The molecule has 0 radical (unpaired) electrons. The average Bonchev–Trinajstić information content (AvgIpc) is 2.46. The number of carbonyl (C=O) groups excluding carboxylic acids is 1. The summed E-state index contributed by atoms with van der Waals surface area (Å²) in [6.45, 7) is 2.78. The molecule has 2 aromatic rings. The van der Waals surface area contributed by atoms with Gasteiger partial charge in [0.25, 0.3) is 5.91 Å². The van der Waals surface area contributed by atoms with Gasteiger partial charge in [-0.3, -0.25) is 4.79 Å². The molecule has 0 unspecified atom stereocenters. The number of para-hydroxylation sites is 1. The van der Waals surface area contributed by atoms with E-state index in [0.29, 0.717) is 0 Å². The summed E-state index contributed by atoms with van der Waals surface area (Å²) >= 11 is 1.81. The summed E-state index contributed by atoms with van der Waals surface area (Å²) in [6, 6.07) is 15.9. The molecule has 2 nitrogen and oxygen atoms in total. The summed E-state index contributed by atoms with van der Waals surface area (Å²) in [6.07, 6.45) is 0. The zero-order valence-electron chi connectivity index (χ0n) is 10.8. The fraction of sp³-hybridized carbons (Fsp3) is 0.188. The third-order valence-corrected chi connectivity index (χ3v) is 4.28. The zero-order valence-corrected chi connectivity index (χ0v) is 11.6. The second-order valence-corrected chi connectivity index (χ2v) is 5.78. The number of hydrogen-bond donors (Lipinski definition) is 0. The molecule has 1 heterocycles. The average molecular weight is 269 g/mol. The summed E-state index contributed by atoms with van der Waals surface area (Å²) in [7, 11) is 0. The van der Waals surface area contributed by atoms with Gasteiger partial charge in [-0.05, 0) is 31.2 Å². The van der Waals surface area contributed by atoms with Crippen molar-refractivity contribution in [3.05, 3.63) is 59.7 Å². The molecular weight excluding hydrogens is 254 g/mol. The van der Waals surface area contributed by atoms with Crippen molar-refractivity contribution in [3.8, 4) is 0 Å². The number of thioether (sulfide) groups is 1. The molecule has 0 saturated carbocycles. The number of nitrogens with zero attached hydrogens (tertiary/aromatic N) is 1. The molecule has 0 atom stereocenters. The van der Waals surface area contributed by atoms with Crippen LogP contribution in [-0.2, 0) is 0 Å². The Bertz CT molecular complexity index is 624. The lowest BCUT2D eigenvalue weighted by atomic mass is 10.1. The van der Waals surface area contributed by atoms with Crippen molar-refractivity contribution in [2.45, 2.75) is 11.8 Å². The van der Waals surface area contributed by atoms with Gasteiger partial charge in [0.1, 0.15) is 0 Å². The highest BCUT2D eigenvalue weighted by molar-refractivity contribution is 7.99. The Morgan fingerprint density at radius 1 is 1.16 bits per heavy atom. The third kappa shape index (κ3) is 2.38. The molecular formula is C16H15NOS. The molecule has 0 bridgehead atoms. The molecule has 0 N–H and O–H groups in total. The van der Waals surface area contributed by atoms with Crippen molar-refractivity contribution in [2.75, 3.05) is 17.2 Å². The van der Waals surface area contributed by atoms with Gasteiger partial charge in [-0.25, -0.2) is 0 Å². The van der Waals surface area contributed by atoms with E-state index in [0.717, 1.165) is 29.1 Å².